The van der Waals surface area contributed by atoms with Gasteiger partial charge in [-0.05, 0) is 29.8 Å². The van der Waals surface area contributed by atoms with Gasteiger partial charge in [-0.2, -0.15) is 0 Å². The molecule has 2 N–H and O–H groups in total. The Hall–Kier alpha value is -3.15. The number of hydrogen-bond acceptors (Lipinski definition) is 7. The lowest BCUT2D eigenvalue weighted by molar-refractivity contribution is 0.0264. The maximum Gasteiger partial charge on any atom is 0.302 e. The number of carbonyl (C=O) groups excluding carboxylic acids is 1. The van der Waals surface area contributed by atoms with Gasteiger partial charge in [0.1, 0.15) is 0 Å². The van der Waals surface area contributed by atoms with E-state index in [4.69, 9.17) is 27.9 Å². The first-order valence-electron chi connectivity index (χ1n) is 12.3. The number of aromatic nitrogens is 3. The van der Waals surface area contributed by atoms with Crippen LogP contribution in [0.1, 0.15) is 16.1 Å². The van der Waals surface area contributed by atoms with Crippen LogP contribution in [0.4, 0.5) is 0 Å². The van der Waals surface area contributed by atoms with Gasteiger partial charge >= 0.3 is 5.56 Å². The smallest absolute Gasteiger partial charge is 0.302 e. The lowest BCUT2D eigenvalue weighted by Crippen LogP contribution is -2.47. The van der Waals surface area contributed by atoms with Crippen LogP contribution in [0.25, 0.3) is 16.8 Å². The zero-order valence-corrected chi connectivity index (χ0v) is 22.4. The van der Waals surface area contributed by atoms with Crippen LogP contribution in [0, 0.1) is 0 Å². The summed E-state index contributed by atoms with van der Waals surface area (Å²) in [5, 5.41) is 14.2. The molecule has 38 heavy (non-hydrogen) atoms. The largest absolute Gasteiger partial charge is 0.501 e. The molecule has 4 aromatic rings. The summed E-state index contributed by atoms with van der Waals surface area (Å²) in [6.07, 6.45) is 0. The SMILES string of the molecule is COCN1CCN(CCn2c3ccccc3n3c(=O)c(O)c(C(=O)NCc4ccc(Cl)c(Cl)c4)nc23)CC1. The van der Waals surface area contributed by atoms with E-state index < -0.39 is 17.2 Å². The second-order valence-corrected chi connectivity index (χ2v) is 10.0. The number of methoxy groups -OCH3 is 1. The zero-order chi connectivity index (χ0) is 26.8. The van der Waals surface area contributed by atoms with Gasteiger partial charge in [0.2, 0.25) is 11.5 Å². The summed E-state index contributed by atoms with van der Waals surface area (Å²) in [5.74, 6) is -1.07. The average molecular weight is 559 g/mol. The number of carbonyl (C=O) groups is 1. The minimum Gasteiger partial charge on any atom is -0.501 e. The van der Waals surface area contributed by atoms with Gasteiger partial charge < -0.3 is 19.7 Å². The van der Waals surface area contributed by atoms with Gasteiger partial charge in [-0.1, -0.05) is 41.4 Å². The Balaban J connectivity index is 1.43. The molecule has 12 heteroatoms. The second kappa shape index (κ2) is 11.3. The first-order chi connectivity index (χ1) is 18.4. The lowest BCUT2D eigenvalue weighted by atomic mass is 10.2. The highest BCUT2D eigenvalue weighted by Crippen LogP contribution is 2.23. The molecule has 0 bridgehead atoms. The third kappa shape index (κ3) is 5.23. The molecule has 0 saturated carbocycles. The molecule has 0 spiro atoms. The van der Waals surface area contributed by atoms with Gasteiger partial charge in [-0.25, -0.2) is 9.38 Å². The lowest BCUT2D eigenvalue weighted by Gasteiger charge is -2.34. The Morgan fingerprint density at radius 3 is 2.45 bits per heavy atom. The Bertz CT molecular complexity index is 1540. The number of ether oxygens (including phenoxy) is 1. The number of fused-ring (bicyclic) bond motifs is 3. The quantitative estimate of drug-likeness (QED) is 0.342. The molecule has 200 valence electrons. The Kier molecular flexibility index (Phi) is 7.87. The molecular weight excluding hydrogens is 531 g/mol. The summed E-state index contributed by atoms with van der Waals surface area (Å²) in [5.41, 5.74) is 1.10. The number of nitrogens with zero attached hydrogens (tertiary/aromatic N) is 5. The summed E-state index contributed by atoms with van der Waals surface area (Å²) >= 11 is 12.0. The summed E-state index contributed by atoms with van der Waals surface area (Å²) in [6.45, 7) is 5.66. The van der Waals surface area contributed by atoms with Crippen LogP contribution in [0.2, 0.25) is 10.0 Å². The summed E-state index contributed by atoms with van der Waals surface area (Å²) < 4.78 is 8.52. The molecule has 10 nitrogen and oxygen atoms in total. The summed E-state index contributed by atoms with van der Waals surface area (Å²) in [7, 11) is 1.70. The fraction of sp³-hybridized carbons (Fsp3) is 0.346. The fourth-order valence-electron chi connectivity index (χ4n) is 4.75. The predicted molar refractivity (Wildman–Crippen MR) is 146 cm³/mol. The maximum atomic E-state index is 13.3. The van der Waals surface area contributed by atoms with E-state index in [1.165, 1.54) is 4.40 Å². The number of benzene rings is 2. The molecule has 0 unspecified atom stereocenters. The standard InChI is InChI=1S/C26H28Cl2N6O4/c1-38-16-32-10-8-31(9-11-32)12-13-33-20-4-2-3-5-21(20)34-25(37)23(35)22(30-26(33)34)24(36)29-15-17-6-7-18(27)19(28)14-17/h2-7,14,35H,8-13,15-16H2,1H3,(H,29,36). The number of nitrogens with one attached hydrogen (secondary N) is 1. The molecule has 3 heterocycles. The Morgan fingerprint density at radius 2 is 1.74 bits per heavy atom. The number of aromatic hydroxyl groups is 1. The number of amides is 1. The van der Waals surface area contributed by atoms with Crippen molar-refractivity contribution in [2.45, 2.75) is 13.1 Å². The number of imidazole rings is 1. The van der Waals surface area contributed by atoms with Gasteiger partial charge in [0.25, 0.3) is 5.91 Å². The molecule has 1 aliphatic rings. The topological polar surface area (TPSA) is 104 Å². The van der Waals surface area contributed by atoms with Crippen molar-refractivity contribution in [3.8, 4) is 5.75 Å². The van der Waals surface area contributed by atoms with E-state index in [1.807, 2.05) is 22.8 Å². The van der Waals surface area contributed by atoms with Crippen molar-refractivity contribution >= 4 is 45.9 Å². The van der Waals surface area contributed by atoms with E-state index in [1.54, 1.807) is 31.4 Å². The molecule has 2 aromatic heterocycles. The van der Waals surface area contributed by atoms with Crippen LogP contribution < -0.4 is 10.9 Å². The minimum atomic E-state index is -0.702. The van der Waals surface area contributed by atoms with Gasteiger partial charge in [0.15, 0.2) is 5.69 Å². The third-order valence-electron chi connectivity index (χ3n) is 6.77. The molecule has 1 amide bonds. The van der Waals surface area contributed by atoms with Crippen molar-refractivity contribution in [3.05, 3.63) is 74.1 Å². The van der Waals surface area contributed by atoms with E-state index in [2.05, 4.69) is 20.1 Å². The normalized spacial score (nSPS) is 14.9. The third-order valence-corrected chi connectivity index (χ3v) is 7.50. The van der Waals surface area contributed by atoms with Crippen molar-refractivity contribution in [3.63, 3.8) is 0 Å². The average Bonchev–Trinajstić information content (AvgIpc) is 3.24. The van der Waals surface area contributed by atoms with Crippen LogP contribution in [0.15, 0.2) is 47.3 Å². The van der Waals surface area contributed by atoms with Crippen LogP contribution in [0.5, 0.6) is 5.75 Å². The number of para-hydroxylation sites is 2. The van der Waals surface area contributed by atoms with E-state index >= 15 is 0 Å². The highest BCUT2D eigenvalue weighted by Gasteiger charge is 2.24. The van der Waals surface area contributed by atoms with Crippen LogP contribution in [0.3, 0.4) is 0 Å². The molecule has 1 fully saturated rings. The number of piperazine rings is 1. The van der Waals surface area contributed by atoms with Crippen LogP contribution >= 0.6 is 23.2 Å². The second-order valence-electron chi connectivity index (χ2n) is 9.20. The molecular formula is C26H28Cl2N6O4. The number of hydrogen-bond donors (Lipinski definition) is 2. The number of halogens is 2. The van der Waals surface area contributed by atoms with E-state index in [0.717, 1.165) is 38.2 Å². The highest BCUT2D eigenvalue weighted by molar-refractivity contribution is 6.42. The van der Waals surface area contributed by atoms with E-state index in [0.29, 0.717) is 40.2 Å². The van der Waals surface area contributed by atoms with Crippen LogP contribution in [-0.2, 0) is 17.8 Å². The molecule has 0 radical (unpaired) electrons. The first-order valence-corrected chi connectivity index (χ1v) is 13.0. The van der Waals surface area contributed by atoms with Crippen molar-refractivity contribution in [1.82, 2.24) is 29.1 Å². The van der Waals surface area contributed by atoms with Gasteiger partial charge in [0, 0.05) is 52.9 Å². The van der Waals surface area contributed by atoms with Gasteiger partial charge in [-0.15, -0.1) is 0 Å². The van der Waals surface area contributed by atoms with Crippen molar-refractivity contribution in [2.75, 3.05) is 46.6 Å². The molecule has 2 aromatic carbocycles. The predicted octanol–water partition coefficient (Wildman–Crippen LogP) is 2.81. The summed E-state index contributed by atoms with van der Waals surface area (Å²) in [4.78, 5) is 35.4. The zero-order valence-electron chi connectivity index (χ0n) is 20.9. The number of rotatable bonds is 8. The van der Waals surface area contributed by atoms with Crippen molar-refractivity contribution < 1.29 is 14.6 Å². The maximum absolute atomic E-state index is 13.3. The van der Waals surface area contributed by atoms with Crippen molar-refractivity contribution in [2.24, 2.45) is 0 Å². The molecule has 1 aliphatic heterocycles. The molecule has 1 saturated heterocycles. The monoisotopic (exact) mass is 558 g/mol. The van der Waals surface area contributed by atoms with Gasteiger partial charge in [-0.3, -0.25) is 19.4 Å². The Labute approximate surface area is 228 Å². The van der Waals surface area contributed by atoms with Crippen LogP contribution in [-0.4, -0.2) is 81.3 Å². The highest BCUT2D eigenvalue weighted by atomic mass is 35.5. The summed E-state index contributed by atoms with van der Waals surface area (Å²) in [6, 6.07) is 12.4. The molecule has 0 atom stereocenters. The van der Waals surface area contributed by atoms with E-state index in [9.17, 15) is 14.7 Å². The first kappa shape index (κ1) is 26.5. The molecule has 0 aliphatic carbocycles. The molecule has 5 rings (SSSR count). The minimum absolute atomic E-state index is 0.119. The van der Waals surface area contributed by atoms with E-state index in [-0.39, 0.29) is 12.2 Å². The fourth-order valence-corrected chi connectivity index (χ4v) is 5.07. The van der Waals surface area contributed by atoms with Crippen molar-refractivity contribution in [1.29, 1.82) is 0 Å². The van der Waals surface area contributed by atoms with Gasteiger partial charge in [0.05, 0.1) is 27.8 Å². The Morgan fingerprint density at radius 1 is 1.03 bits per heavy atom.